The molecule has 0 saturated heterocycles. The molecule has 234 valence electrons. The van der Waals surface area contributed by atoms with E-state index in [2.05, 4.69) is 132 Å². The topological polar surface area (TPSA) is 51.8 Å². The highest BCUT2D eigenvalue weighted by Crippen LogP contribution is 2.58. The predicted octanol–water partition coefficient (Wildman–Crippen LogP) is 11.1. The number of pyridine rings is 1. The summed E-state index contributed by atoms with van der Waals surface area (Å²) in [7, 11) is 0. The average molecular weight is 640 g/mol. The van der Waals surface area contributed by atoms with E-state index < -0.39 is 5.41 Å². The van der Waals surface area contributed by atoms with E-state index in [9.17, 15) is 0 Å². The minimum atomic E-state index is -0.561. The van der Waals surface area contributed by atoms with Crippen LogP contribution in [0, 0.1) is 0 Å². The summed E-state index contributed by atoms with van der Waals surface area (Å²) in [5.41, 5.74) is 13.8. The maximum Gasteiger partial charge on any atom is 0.180 e. The van der Waals surface area contributed by atoms with E-state index in [1.807, 2.05) is 48.8 Å². The third-order valence-corrected chi connectivity index (χ3v) is 10.1. The van der Waals surface area contributed by atoms with E-state index in [4.69, 9.17) is 14.4 Å². The SMILES string of the molecule is c1ccc(-c2nc(-c3cc4c(cc3-c3ccncc3)-c3ccccc3C4(c3ccccc3)c3ccccc3)nc3c2oc2ccccc23)cc1. The molecule has 0 spiro atoms. The number of hydrogen-bond acceptors (Lipinski definition) is 4. The third kappa shape index (κ3) is 4.15. The summed E-state index contributed by atoms with van der Waals surface area (Å²) in [4.78, 5) is 15.1. The van der Waals surface area contributed by atoms with Gasteiger partial charge in [-0.05, 0) is 80.9 Å². The highest BCUT2D eigenvalue weighted by atomic mass is 16.3. The molecule has 0 atom stereocenters. The average Bonchev–Trinajstić information content (AvgIpc) is 3.72. The summed E-state index contributed by atoms with van der Waals surface area (Å²) in [6.45, 7) is 0. The van der Waals surface area contributed by atoms with Gasteiger partial charge in [0.05, 0.1) is 5.41 Å². The normalized spacial score (nSPS) is 13.0. The number of aromatic nitrogens is 3. The molecule has 4 nitrogen and oxygen atoms in total. The van der Waals surface area contributed by atoms with Gasteiger partial charge in [0, 0.05) is 28.9 Å². The number of nitrogens with zero attached hydrogens (tertiary/aromatic N) is 3. The maximum atomic E-state index is 6.48. The molecule has 50 heavy (non-hydrogen) atoms. The molecular formula is C46H29N3O. The van der Waals surface area contributed by atoms with Crippen LogP contribution in [0.5, 0.6) is 0 Å². The Labute approximate surface area is 289 Å². The van der Waals surface area contributed by atoms with Crippen molar-refractivity contribution in [1.29, 1.82) is 0 Å². The first-order chi connectivity index (χ1) is 24.8. The van der Waals surface area contributed by atoms with Crippen molar-refractivity contribution < 1.29 is 4.42 Å². The van der Waals surface area contributed by atoms with Crippen LogP contribution in [-0.2, 0) is 5.41 Å². The highest BCUT2D eigenvalue weighted by Gasteiger charge is 2.46. The van der Waals surface area contributed by atoms with Gasteiger partial charge in [-0.3, -0.25) is 4.98 Å². The molecule has 9 aromatic rings. The second kappa shape index (κ2) is 11.2. The molecular weight excluding hydrogens is 611 g/mol. The van der Waals surface area contributed by atoms with E-state index in [-0.39, 0.29) is 0 Å². The fraction of sp³-hybridized carbons (Fsp3) is 0.0217. The Morgan fingerprint density at radius 1 is 0.460 bits per heavy atom. The number of fused-ring (bicyclic) bond motifs is 6. The van der Waals surface area contributed by atoms with Gasteiger partial charge >= 0.3 is 0 Å². The lowest BCUT2D eigenvalue weighted by Crippen LogP contribution is -2.28. The quantitative estimate of drug-likeness (QED) is 0.188. The van der Waals surface area contributed by atoms with Gasteiger partial charge in [0.1, 0.15) is 16.8 Å². The summed E-state index contributed by atoms with van der Waals surface area (Å²) in [5.74, 6) is 0.642. The molecule has 0 bridgehead atoms. The molecule has 0 unspecified atom stereocenters. The van der Waals surface area contributed by atoms with Crippen molar-refractivity contribution in [1.82, 2.24) is 15.0 Å². The Bertz CT molecular complexity index is 2650. The van der Waals surface area contributed by atoms with Gasteiger partial charge in [-0.2, -0.15) is 0 Å². The van der Waals surface area contributed by atoms with Crippen molar-refractivity contribution in [3.8, 4) is 44.9 Å². The Balaban J connectivity index is 1.36. The largest absolute Gasteiger partial charge is 0.452 e. The second-order valence-corrected chi connectivity index (χ2v) is 12.7. The standard InChI is InChI=1S/C46H29N3O/c1-4-14-31(15-5-1)42-44-43(35-21-11-13-23-41(35)50-44)49-45(48-42)38-29-40-37(28-36(38)30-24-26-47-27-25-30)34-20-10-12-22-39(34)46(40,32-16-6-2-7-17-32)33-18-8-3-9-19-33/h1-29H. The minimum absolute atomic E-state index is 0.561. The van der Waals surface area contributed by atoms with Crippen molar-refractivity contribution in [2.75, 3.05) is 0 Å². The Morgan fingerprint density at radius 2 is 1.10 bits per heavy atom. The van der Waals surface area contributed by atoms with Gasteiger partial charge in [0.25, 0.3) is 0 Å². The third-order valence-electron chi connectivity index (χ3n) is 10.1. The van der Waals surface area contributed by atoms with Crippen LogP contribution < -0.4 is 0 Å². The van der Waals surface area contributed by atoms with Crippen LogP contribution in [0.1, 0.15) is 22.3 Å². The first-order valence-electron chi connectivity index (χ1n) is 16.9. The van der Waals surface area contributed by atoms with Crippen molar-refractivity contribution in [2.45, 2.75) is 5.41 Å². The zero-order valence-electron chi connectivity index (χ0n) is 27.0. The summed E-state index contributed by atoms with van der Waals surface area (Å²) in [6.07, 6.45) is 3.70. The van der Waals surface area contributed by atoms with Gasteiger partial charge in [0.15, 0.2) is 11.4 Å². The highest BCUT2D eigenvalue weighted by molar-refractivity contribution is 6.07. The molecule has 4 heteroatoms. The van der Waals surface area contributed by atoms with E-state index in [1.165, 1.54) is 33.4 Å². The summed E-state index contributed by atoms with van der Waals surface area (Å²) in [5, 5.41) is 0.963. The molecule has 0 fully saturated rings. The van der Waals surface area contributed by atoms with Gasteiger partial charge in [-0.15, -0.1) is 0 Å². The molecule has 0 amide bonds. The van der Waals surface area contributed by atoms with E-state index in [0.29, 0.717) is 11.4 Å². The number of rotatable bonds is 5. The lowest BCUT2D eigenvalue weighted by molar-refractivity contribution is 0.667. The van der Waals surface area contributed by atoms with Gasteiger partial charge in [-0.1, -0.05) is 127 Å². The lowest BCUT2D eigenvalue weighted by atomic mass is 9.67. The lowest BCUT2D eigenvalue weighted by Gasteiger charge is -2.34. The monoisotopic (exact) mass is 639 g/mol. The zero-order valence-corrected chi connectivity index (χ0v) is 27.0. The number of hydrogen-bond donors (Lipinski definition) is 0. The summed E-state index contributed by atoms with van der Waals surface area (Å²) >= 11 is 0. The summed E-state index contributed by atoms with van der Waals surface area (Å²) < 4.78 is 6.48. The molecule has 0 saturated carbocycles. The van der Waals surface area contributed by atoms with Crippen LogP contribution in [0.25, 0.3) is 67.0 Å². The number of furan rings is 1. The molecule has 10 rings (SSSR count). The Kier molecular flexibility index (Phi) is 6.36. The van der Waals surface area contributed by atoms with Crippen LogP contribution in [0.15, 0.2) is 181 Å². The maximum absolute atomic E-state index is 6.48. The zero-order chi connectivity index (χ0) is 33.1. The minimum Gasteiger partial charge on any atom is -0.452 e. The van der Waals surface area contributed by atoms with Gasteiger partial charge in [0.2, 0.25) is 0 Å². The first-order valence-corrected chi connectivity index (χ1v) is 16.9. The van der Waals surface area contributed by atoms with Crippen LogP contribution in [0.4, 0.5) is 0 Å². The molecule has 1 aliphatic rings. The molecule has 3 heterocycles. The molecule has 1 aliphatic carbocycles. The van der Waals surface area contributed by atoms with Crippen LogP contribution in [0.3, 0.4) is 0 Å². The predicted molar refractivity (Wildman–Crippen MR) is 201 cm³/mol. The van der Waals surface area contributed by atoms with Crippen LogP contribution >= 0.6 is 0 Å². The molecule has 0 aliphatic heterocycles. The van der Waals surface area contributed by atoms with Crippen molar-refractivity contribution in [3.63, 3.8) is 0 Å². The van der Waals surface area contributed by atoms with E-state index >= 15 is 0 Å². The van der Waals surface area contributed by atoms with Crippen LogP contribution in [0.2, 0.25) is 0 Å². The smallest absolute Gasteiger partial charge is 0.180 e. The number of para-hydroxylation sites is 1. The molecule has 6 aromatic carbocycles. The van der Waals surface area contributed by atoms with Crippen molar-refractivity contribution >= 4 is 22.1 Å². The van der Waals surface area contributed by atoms with Crippen molar-refractivity contribution in [3.05, 3.63) is 198 Å². The van der Waals surface area contributed by atoms with Crippen LogP contribution in [-0.4, -0.2) is 15.0 Å². The second-order valence-electron chi connectivity index (χ2n) is 12.7. The molecule has 0 N–H and O–H groups in total. The number of benzene rings is 6. The van der Waals surface area contributed by atoms with Crippen molar-refractivity contribution in [2.24, 2.45) is 0 Å². The summed E-state index contributed by atoms with van der Waals surface area (Å²) in [6, 6.07) is 57.8. The molecule has 3 aromatic heterocycles. The fourth-order valence-electron chi connectivity index (χ4n) is 7.95. The Hall–Kier alpha value is -6.65. The fourth-order valence-corrected chi connectivity index (χ4v) is 7.95. The Morgan fingerprint density at radius 3 is 1.84 bits per heavy atom. The first kappa shape index (κ1) is 28.4. The van der Waals surface area contributed by atoms with Gasteiger partial charge in [-0.25, -0.2) is 9.97 Å². The van der Waals surface area contributed by atoms with E-state index in [0.717, 1.165) is 44.4 Å². The van der Waals surface area contributed by atoms with Gasteiger partial charge < -0.3 is 4.42 Å². The molecule has 0 radical (unpaired) electrons. The van der Waals surface area contributed by atoms with E-state index in [1.54, 1.807) is 0 Å².